The molecule has 2 unspecified atom stereocenters. The molecule has 0 amide bonds. The van der Waals surface area contributed by atoms with Gasteiger partial charge in [-0.3, -0.25) is 4.98 Å². The number of aryl methyl sites for hydroxylation is 1. The van der Waals surface area contributed by atoms with Gasteiger partial charge in [-0.05, 0) is 54.7 Å². The molecule has 3 rings (SSSR count). The molecule has 1 aliphatic carbocycles. The molecule has 0 bridgehead atoms. The summed E-state index contributed by atoms with van der Waals surface area (Å²) in [5, 5.41) is 3.61. The first kappa shape index (κ1) is 12.3. The van der Waals surface area contributed by atoms with Crippen molar-refractivity contribution in [2.75, 3.05) is 0 Å². The smallest absolute Gasteiger partial charge is 0.123 e. The Morgan fingerprint density at radius 3 is 3.05 bits per heavy atom. The molecule has 1 aromatic heterocycles. The van der Waals surface area contributed by atoms with E-state index >= 15 is 0 Å². The van der Waals surface area contributed by atoms with Crippen LogP contribution in [0, 0.1) is 5.82 Å². The quantitative estimate of drug-likeness (QED) is 0.908. The molecule has 0 radical (unpaired) electrons. The van der Waals surface area contributed by atoms with Crippen LogP contribution in [0.5, 0.6) is 0 Å². The maximum absolute atomic E-state index is 13.2. The van der Waals surface area contributed by atoms with Crippen LogP contribution in [0.15, 0.2) is 42.7 Å². The second-order valence-electron chi connectivity index (χ2n) is 5.11. The van der Waals surface area contributed by atoms with Crippen LogP contribution in [0.4, 0.5) is 4.39 Å². The van der Waals surface area contributed by atoms with Gasteiger partial charge in [0.05, 0.1) is 0 Å². The van der Waals surface area contributed by atoms with Crippen molar-refractivity contribution in [3.05, 3.63) is 65.2 Å². The predicted octanol–water partition coefficient (Wildman–Crippen LogP) is 3.56. The number of aromatic nitrogens is 1. The van der Waals surface area contributed by atoms with Crippen LogP contribution in [0.1, 0.15) is 42.1 Å². The Balaban J connectivity index is 1.76. The molecule has 3 heteroatoms. The summed E-state index contributed by atoms with van der Waals surface area (Å²) in [5.41, 5.74) is 3.55. The van der Waals surface area contributed by atoms with Gasteiger partial charge in [-0.2, -0.15) is 0 Å². The number of hydrogen-bond acceptors (Lipinski definition) is 2. The molecule has 1 heterocycles. The summed E-state index contributed by atoms with van der Waals surface area (Å²) in [6, 6.07) is 9.70. The average Bonchev–Trinajstić information content (AvgIpc) is 2.82. The largest absolute Gasteiger partial charge is 0.303 e. The zero-order valence-corrected chi connectivity index (χ0v) is 10.9. The summed E-state index contributed by atoms with van der Waals surface area (Å²) in [5.74, 6) is -0.139. The molecule has 98 valence electrons. The summed E-state index contributed by atoms with van der Waals surface area (Å²) in [6.07, 6.45) is 5.65. The maximum Gasteiger partial charge on any atom is 0.123 e. The standard InChI is InChI=1S/C16H17FN2/c1-11(13-3-2-8-18-10-13)19-16-7-4-12-9-14(17)5-6-15(12)16/h2-3,5-6,8-11,16,19H,4,7H2,1H3. The third-order valence-electron chi connectivity index (χ3n) is 3.82. The van der Waals surface area contributed by atoms with Gasteiger partial charge in [0.2, 0.25) is 0 Å². The lowest BCUT2D eigenvalue weighted by Crippen LogP contribution is -2.23. The molecule has 2 aromatic rings. The Labute approximate surface area is 112 Å². The molecule has 1 aromatic carbocycles. The van der Waals surface area contributed by atoms with Gasteiger partial charge in [0, 0.05) is 24.5 Å². The lowest BCUT2D eigenvalue weighted by molar-refractivity contribution is 0.464. The van der Waals surface area contributed by atoms with Crippen LogP contribution in [-0.4, -0.2) is 4.98 Å². The number of nitrogens with one attached hydrogen (secondary N) is 1. The van der Waals surface area contributed by atoms with Gasteiger partial charge in [-0.15, -0.1) is 0 Å². The summed E-state index contributed by atoms with van der Waals surface area (Å²) < 4.78 is 13.2. The van der Waals surface area contributed by atoms with E-state index in [0.29, 0.717) is 6.04 Å². The summed E-state index contributed by atoms with van der Waals surface area (Å²) in [7, 11) is 0. The Morgan fingerprint density at radius 2 is 2.26 bits per heavy atom. The van der Waals surface area contributed by atoms with E-state index in [4.69, 9.17) is 0 Å². The highest BCUT2D eigenvalue weighted by atomic mass is 19.1. The van der Waals surface area contributed by atoms with E-state index in [1.807, 2.05) is 18.3 Å². The van der Waals surface area contributed by atoms with Crippen LogP contribution in [-0.2, 0) is 6.42 Å². The van der Waals surface area contributed by atoms with Gasteiger partial charge in [0.25, 0.3) is 0 Å². The highest BCUT2D eigenvalue weighted by molar-refractivity contribution is 5.35. The minimum absolute atomic E-state index is 0.139. The summed E-state index contributed by atoms with van der Waals surface area (Å²) in [4.78, 5) is 4.15. The van der Waals surface area contributed by atoms with Crippen molar-refractivity contribution < 1.29 is 4.39 Å². The average molecular weight is 256 g/mol. The van der Waals surface area contributed by atoms with Crippen molar-refractivity contribution in [2.45, 2.75) is 31.8 Å². The second-order valence-corrected chi connectivity index (χ2v) is 5.11. The van der Waals surface area contributed by atoms with Gasteiger partial charge in [0.15, 0.2) is 0 Å². The third kappa shape index (κ3) is 2.51. The van der Waals surface area contributed by atoms with Crippen molar-refractivity contribution in [1.82, 2.24) is 10.3 Å². The molecular weight excluding hydrogens is 239 g/mol. The number of benzene rings is 1. The van der Waals surface area contributed by atoms with Gasteiger partial charge in [-0.1, -0.05) is 12.1 Å². The summed E-state index contributed by atoms with van der Waals surface area (Å²) in [6.45, 7) is 2.14. The first-order chi connectivity index (χ1) is 9.24. The van der Waals surface area contributed by atoms with E-state index in [0.717, 1.165) is 18.4 Å². The highest BCUT2D eigenvalue weighted by Gasteiger charge is 2.24. The minimum atomic E-state index is -0.139. The Kier molecular flexibility index (Phi) is 3.30. The van der Waals surface area contributed by atoms with Crippen LogP contribution < -0.4 is 5.32 Å². The van der Waals surface area contributed by atoms with Gasteiger partial charge >= 0.3 is 0 Å². The fourth-order valence-electron chi connectivity index (χ4n) is 2.79. The van der Waals surface area contributed by atoms with E-state index in [-0.39, 0.29) is 11.9 Å². The van der Waals surface area contributed by atoms with Crippen LogP contribution >= 0.6 is 0 Å². The lowest BCUT2D eigenvalue weighted by Gasteiger charge is -2.20. The second kappa shape index (κ2) is 5.10. The molecule has 0 saturated carbocycles. The van der Waals surface area contributed by atoms with Gasteiger partial charge < -0.3 is 5.32 Å². The normalized spacial score (nSPS) is 19.2. The fourth-order valence-corrected chi connectivity index (χ4v) is 2.79. The topological polar surface area (TPSA) is 24.9 Å². The number of fused-ring (bicyclic) bond motifs is 1. The van der Waals surface area contributed by atoms with Crippen LogP contribution in [0.3, 0.4) is 0 Å². The number of rotatable bonds is 3. The fraction of sp³-hybridized carbons (Fsp3) is 0.312. The van der Waals surface area contributed by atoms with E-state index in [1.54, 1.807) is 18.3 Å². The molecule has 1 aliphatic rings. The molecule has 0 fully saturated rings. The molecule has 0 aliphatic heterocycles. The van der Waals surface area contributed by atoms with Crippen LogP contribution in [0.2, 0.25) is 0 Å². The number of nitrogens with zero attached hydrogens (tertiary/aromatic N) is 1. The molecule has 1 N–H and O–H groups in total. The highest BCUT2D eigenvalue weighted by Crippen LogP contribution is 2.33. The molecule has 2 atom stereocenters. The molecule has 0 spiro atoms. The van der Waals surface area contributed by atoms with E-state index in [9.17, 15) is 4.39 Å². The van der Waals surface area contributed by atoms with Crippen molar-refractivity contribution >= 4 is 0 Å². The minimum Gasteiger partial charge on any atom is -0.303 e. The predicted molar refractivity (Wildman–Crippen MR) is 73.2 cm³/mol. The zero-order valence-electron chi connectivity index (χ0n) is 10.9. The molecular formula is C16H17FN2. The lowest BCUT2D eigenvalue weighted by atomic mass is 10.1. The van der Waals surface area contributed by atoms with Crippen molar-refractivity contribution in [3.63, 3.8) is 0 Å². The van der Waals surface area contributed by atoms with E-state index in [2.05, 4.69) is 23.3 Å². The maximum atomic E-state index is 13.2. The van der Waals surface area contributed by atoms with Crippen LogP contribution in [0.25, 0.3) is 0 Å². The van der Waals surface area contributed by atoms with Gasteiger partial charge in [0.1, 0.15) is 5.82 Å². The Bertz CT molecular complexity index is 568. The monoisotopic (exact) mass is 256 g/mol. The molecule has 2 nitrogen and oxygen atoms in total. The number of pyridine rings is 1. The number of halogens is 1. The first-order valence-electron chi connectivity index (χ1n) is 6.68. The van der Waals surface area contributed by atoms with Crippen molar-refractivity contribution in [3.8, 4) is 0 Å². The van der Waals surface area contributed by atoms with E-state index < -0.39 is 0 Å². The zero-order chi connectivity index (χ0) is 13.2. The van der Waals surface area contributed by atoms with Crippen molar-refractivity contribution in [1.29, 1.82) is 0 Å². The van der Waals surface area contributed by atoms with Gasteiger partial charge in [-0.25, -0.2) is 4.39 Å². The van der Waals surface area contributed by atoms with Crippen molar-refractivity contribution in [2.24, 2.45) is 0 Å². The Hall–Kier alpha value is -1.74. The number of hydrogen-bond donors (Lipinski definition) is 1. The molecule has 19 heavy (non-hydrogen) atoms. The summed E-state index contributed by atoms with van der Waals surface area (Å²) >= 11 is 0. The third-order valence-corrected chi connectivity index (χ3v) is 3.82. The van der Waals surface area contributed by atoms with E-state index in [1.165, 1.54) is 11.1 Å². The Morgan fingerprint density at radius 1 is 1.37 bits per heavy atom. The molecule has 0 saturated heterocycles. The first-order valence-corrected chi connectivity index (χ1v) is 6.68. The SMILES string of the molecule is CC(NC1CCc2cc(F)ccc21)c1cccnc1.